The van der Waals surface area contributed by atoms with Crippen molar-refractivity contribution in [1.82, 2.24) is 9.78 Å². The van der Waals surface area contributed by atoms with E-state index in [1.807, 2.05) is 4.68 Å². The van der Waals surface area contributed by atoms with Crippen LogP contribution < -0.4 is 5.73 Å². The first-order chi connectivity index (χ1) is 7.77. The van der Waals surface area contributed by atoms with Gasteiger partial charge in [0.2, 0.25) is 0 Å². The molecule has 0 radical (unpaired) electrons. The van der Waals surface area contributed by atoms with Gasteiger partial charge in [0.15, 0.2) is 0 Å². The van der Waals surface area contributed by atoms with Gasteiger partial charge in [0.25, 0.3) is 0 Å². The van der Waals surface area contributed by atoms with Crippen LogP contribution in [0.4, 0.5) is 0 Å². The molecule has 4 nitrogen and oxygen atoms in total. The van der Waals surface area contributed by atoms with Crippen LogP contribution in [0.25, 0.3) is 0 Å². The van der Waals surface area contributed by atoms with E-state index in [4.69, 9.17) is 22.1 Å². The van der Waals surface area contributed by atoms with Gasteiger partial charge in [-0.3, -0.25) is 4.68 Å². The molecule has 16 heavy (non-hydrogen) atoms. The molecule has 0 spiro atoms. The van der Waals surface area contributed by atoms with E-state index < -0.39 is 0 Å². The minimum absolute atomic E-state index is 0.483. The van der Waals surface area contributed by atoms with Gasteiger partial charge in [-0.25, -0.2) is 0 Å². The second-order valence-corrected chi connectivity index (χ2v) is 4.68. The number of nitrogens with zero attached hydrogens (tertiary/aromatic N) is 2. The number of nitrogens with two attached hydrogens (primary N) is 1. The lowest BCUT2D eigenvalue weighted by Crippen LogP contribution is -2.32. The van der Waals surface area contributed by atoms with Crippen LogP contribution in [0.3, 0.4) is 0 Å². The molecule has 2 atom stereocenters. The molecule has 1 aromatic rings. The third-order valence-corrected chi connectivity index (χ3v) is 3.70. The first-order valence-electron chi connectivity index (χ1n) is 5.68. The number of methoxy groups -OCH3 is 1. The fourth-order valence-corrected chi connectivity index (χ4v) is 2.59. The van der Waals surface area contributed by atoms with Gasteiger partial charge in [0.1, 0.15) is 0 Å². The molecule has 0 aliphatic heterocycles. The summed E-state index contributed by atoms with van der Waals surface area (Å²) in [6.07, 6.45) is 4.09. The van der Waals surface area contributed by atoms with Gasteiger partial charge in [-0.15, -0.1) is 0 Å². The van der Waals surface area contributed by atoms with E-state index in [1.165, 1.54) is 12.8 Å². The van der Waals surface area contributed by atoms with Crippen LogP contribution in [0.2, 0.25) is 5.02 Å². The summed E-state index contributed by atoms with van der Waals surface area (Å²) in [5.41, 5.74) is 6.87. The Morgan fingerprint density at radius 1 is 1.62 bits per heavy atom. The third-order valence-electron chi connectivity index (χ3n) is 3.41. The Bertz CT molecular complexity index is 351. The molecular weight excluding hydrogens is 226 g/mol. The zero-order valence-electron chi connectivity index (χ0n) is 9.53. The van der Waals surface area contributed by atoms with E-state index in [-0.39, 0.29) is 0 Å². The summed E-state index contributed by atoms with van der Waals surface area (Å²) in [6.45, 7) is 2.15. The Morgan fingerprint density at radius 3 is 3.00 bits per heavy atom. The lowest BCUT2D eigenvalue weighted by molar-refractivity contribution is 0.177. The summed E-state index contributed by atoms with van der Waals surface area (Å²) >= 11 is 6.19. The number of rotatable bonds is 5. The maximum atomic E-state index is 6.19. The molecule has 0 aromatic carbocycles. The lowest BCUT2D eigenvalue weighted by Gasteiger charge is -2.36. The monoisotopic (exact) mass is 243 g/mol. The fourth-order valence-electron chi connectivity index (χ4n) is 2.31. The van der Waals surface area contributed by atoms with Crippen molar-refractivity contribution >= 4 is 11.6 Å². The summed E-state index contributed by atoms with van der Waals surface area (Å²) in [5.74, 6) is 1.05. The quantitative estimate of drug-likeness (QED) is 0.855. The van der Waals surface area contributed by atoms with E-state index in [9.17, 15) is 0 Å². The summed E-state index contributed by atoms with van der Waals surface area (Å²) in [4.78, 5) is 0. The Labute approximate surface area is 101 Å². The van der Waals surface area contributed by atoms with Gasteiger partial charge >= 0.3 is 0 Å². The van der Waals surface area contributed by atoms with Crippen LogP contribution in [0.5, 0.6) is 0 Å². The molecule has 1 fully saturated rings. The number of halogens is 1. The highest BCUT2D eigenvalue weighted by molar-refractivity contribution is 6.31. The van der Waals surface area contributed by atoms with Crippen LogP contribution in [-0.2, 0) is 11.3 Å². The summed E-state index contributed by atoms with van der Waals surface area (Å²) in [7, 11) is 1.69. The highest BCUT2D eigenvalue weighted by Gasteiger charge is 2.34. The molecule has 1 heterocycles. The zero-order valence-corrected chi connectivity index (χ0v) is 10.3. The molecule has 2 N–H and O–H groups in total. The Morgan fingerprint density at radius 2 is 2.44 bits per heavy atom. The van der Waals surface area contributed by atoms with Crippen molar-refractivity contribution in [3.63, 3.8) is 0 Å². The Balaban J connectivity index is 2.15. The average Bonchev–Trinajstić information content (AvgIpc) is 2.58. The molecular formula is C11H18ClN3O. The van der Waals surface area contributed by atoms with E-state index in [2.05, 4.69) is 5.10 Å². The number of ether oxygens (including phenoxy) is 1. The normalized spacial score (nSPS) is 24.4. The van der Waals surface area contributed by atoms with E-state index >= 15 is 0 Å². The summed E-state index contributed by atoms with van der Waals surface area (Å²) < 4.78 is 7.02. The number of aromatic nitrogens is 2. The van der Waals surface area contributed by atoms with Crippen molar-refractivity contribution < 1.29 is 4.74 Å². The highest BCUT2D eigenvalue weighted by atomic mass is 35.5. The van der Waals surface area contributed by atoms with Crippen molar-refractivity contribution in [3.05, 3.63) is 16.9 Å². The van der Waals surface area contributed by atoms with Gasteiger partial charge in [0, 0.05) is 13.0 Å². The SMILES string of the molecule is COCCn1ncc(Cl)c1C1CCC1CN. The molecule has 90 valence electrons. The standard InChI is InChI=1S/C11H18ClN3O/c1-16-5-4-15-11(10(12)7-14-15)9-3-2-8(9)6-13/h7-9H,2-6,13H2,1H3. The van der Waals surface area contributed by atoms with Crippen molar-refractivity contribution in [2.45, 2.75) is 25.3 Å². The number of hydrogen-bond donors (Lipinski definition) is 1. The molecule has 0 saturated heterocycles. The molecule has 5 heteroatoms. The smallest absolute Gasteiger partial charge is 0.0820 e. The van der Waals surface area contributed by atoms with E-state index in [1.54, 1.807) is 13.3 Å². The predicted octanol–water partition coefficient (Wildman–Crippen LogP) is 1.64. The van der Waals surface area contributed by atoms with E-state index in [0.717, 1.165) is 23.8 Å². The van der Waals surface area contributed by atoms with Crippen LogP contribution in [0, 0.1) is 5.92 Å². The zero-order chi connectivity index (χ0) is 11.5. The molecule has 1 aliphatic carbocycles. The minimum Gasteiger partial charge on any atom is -0.383 e. The first kappa shape index (κ1) is 11.9. The topological polar surface area (TPSA) is 53.1 Å². The molecule has 1 aliphatic rings. The van der Waals surface area contributed by atoms with Crippen LogP contribution in [-0.4, -0.2) is 30.0 Å². The first-order valence-corrected chi connectivity index (χ1v) is 6.06. The third kappa shape index (κ3) is 2.10. The van der Waals surface area contributed by atoms with Gasteiger partial charge in [-0.05, 0) is 25.3 Å². The van der Waals surface area contributed by atoms with Crippen LogP contribution >= 0.6 is 11.6 Å². The van der Waals surface area contributed by atoms with Gasteiger partial charge in [-0.2, -0.15) is 5.10 Å². The second kappa shape index (κ2) is 5.17. The Hall–Kier alpha value is -0.580. The lowest BCUT2D eigenvalue weighted by atomic mass is 9.72. The van der Waals surface area contributed by atoms with Crippen molar-refractivity contribution in [1.29, 1.82) is 0 Å². The molecule has 0 bridgehead atoms. The molecule has 0 amide bonds. The van der Waals surface area contributed by atoms with Crippen molar-refractivity contribution in [2.24, 2.45) is 11.7 Å². The van der Waals surface area contributed by atoms with Crippen LogP contribution in [0.15, 0.2) is 6.20 Å². The maximum Gasteiger partial charge on any atom is 0.0820 e. The minimum atomic E-state index is 0.483. The van der Waals surface area contributed by atoms with Crippen molar-refractivity contribution in [3.8, 4) is 0 Å². The molecule has 1 aromatic heterocycles. The van der Waals surface area contributed by atoms with Gasteiger partial charge < -0.3 is 10.5 Å². The maximum absolute atomic E-state index is 6.19. The average molecular weight is 244 g/mol. The summed E-state index contributed by atoms with van der Waals surface area (Å²) in [6, 6.07) is 0. The van der Waals surface area contributed by atoms with E-state index in [0.29, 0.717) is 18.4 Å². The molecule has 2 unspecified atom stereocenters. The van der Waals surface area contributed by atoms with Gasteiger partial charge in [-0.1, -0.05) is 11.6 Å². The van der Waals surface area contributed by atoms with Crippen LogP contribution in [0.1, 0.15) is 24.5 Å². The fraction of sp³-hybridized carbons (Fsp3) is 0.727. The van der Waals surface area contributed by atoms with Crippen molar-refractivity contribution in [2.75, 3.05) is 20.3 Å². The second-order valence-electron chi connectivity index (χ2n) is 4.27. The van der Waals surface area contributed by atoms with Gasteiger partial charge in [0.05, 0.1) is 30.1 Å². The summed E-state index contributed by atoms with van der Waals surface area (Å²) in [5, 5.41) is 5.05. The number of hydrogen-bond acceptors (Lipinski definition) is 3. The predicted molar refractivity (Wildman–Crippen MR) is 63.6 cm³/mol. The molecule has 2 rings (SSSR count). The highest BCUT2D eigenvalue weighted by Crippen LogP contribution is 2.44. The Kier molecular flexibility index (Phi) is 3.84. The largest absolute Gasteiger partial charge is 0.383 e. The molecule has 1 saturated carbocycles.